The van der Waals surface area contributed by atoms with E-state index in [4.69, 9.17) is 0 Å². The predicted molar refractivity (Wildman–Crippen MR) is 108 cm³/mol. The topological polar surface area (TPSA) is 74.2 Å². The average Bonchev–Trinajstić information content (AvgIpc) is 2.88. The van der Waals surface area contributed by atoms with E-state index in [9.17, 15) is 5.21 Å². The normalized spacial score (nSPS) is 18.1. The minimum absolute atomic E-state index is 0.434. The molecule has 2 heterocycles. The van der Waals surface area contributed by atoms with E-state index in [-0.39, 0.29) is 0 Å². The SMILES string of the molecule is CC1(C)N=C(c2nc(-c3ccccc3)nc(-c3ccccc3)n2)C(C)(C)N1[O]. The molecular formula is C22H22N5O. The Kier molecular flexibility index (Phi) is 4.33. The van der Waals surface area contributed by atoms with Gasteiger partial charge in [-0.05, 0) is 27.7 Å². The van der Waals surface area contributed by atoms with Crippen LogP contribution in [-0.2, 0) is 5.21 Å². The number of hydroxylamine groups is 2. The quantitative estimate of drug-likeness (QED) is 0.691. The van der Waals surface area contributed by atoms with Crippen LogP contribution in [0.1, 0.15) is 33.5 Å². The molecule has 6 heteroatoms. The molecule has 0 saturated heterocycles. The van der Waals surface area contributed by atoms with Gasteiger partial charge in [0, 0.05) is 11.1 Å². The lowest BCUT2D eigenvalue weighted by atomic mass is 9.97. The van der Waals surface area contributed by atoms with Crippen molar-refractivity contribution in [1.29, 1.82) is 0 Å². The van der Waals surface area contributed by atoms with E-state index >= 15 is 0 Å². The predicted octanol–water partition coefficient (Wildman–Crippen LogP) is 4.17. The number of hydrogen-bond donors (Lipinski definition) is 0. The lowest BCUT2D eigenvalue weighted by Gasteiger charge is -2.31. The molecule has 4 rings (SSSR count). The fourth-order valence-corrected chi connectivity index (χ4v) is 3.47. The highest BCUT2D eigenvalue weighted by atomic mass is 16.5. The van der Waals surface area contributed by atoms with E-state index in [2.05, 4.69) is 19.9 Å². The number of nitrogens with zero attached hydrogens (tertiary/aromatic N) is 5. The molecule has 0 spiro atoms. The van der Waals surface area contributed by atoms with Crippen LogP contribution in [0.4, 0.5) is 0 Å². The smallest absolute Gasteiger partial charge is 0.179 e. The maximum atomic E-state index is 12.8. The molecule has 0 aliphatic carbocycles. The third kappa shape index (κ3) is 3.10. The van der Waals surface area contributed by atoms with Crippen molar-refractivity contribution in [3.05, 3.63) is 66.5 Å². The van der Waals surface area contributed by atoms with Crippen molar-refractivity contribution < 1.29 is 5.21 Å². The Labute approximate surface area is 164 Å². The minimum Gasteiger partial charge on any atom is -0.260 e. The highest BCUT2D eigenvalue weighted by molar-refractivity contribution is 6.06. The second kappa shape index (κ2) is 6.58. The van der Waals surface area contributed by atoms with Gasteiger partial charge >= 0.3 is 0 Å². The zero-order valence-corrected chi connectivity index (χ0v) is 16.4. The van der Waals surface area contributed by atoms with Gasteiger partial charge in [0.2, 0.25) is 0 Å². The Hall–Kier alpha value is -2.96. The molecule has 0 N–H and O–H groups in total. The molecule has 0 fully saturated rings. The van der Waals surface area contributed by atoms with Gasteiger partial charge < -0.3 is 0 Å². The van der Waals surface area contributed by atoms with Crippen LogP contribution in [0.25, 0.3) is 22.8 Å². The van der Waals surface area contributed by atoms with E-state index in [0.29, 0.717) is 23.2 Å². The Morgan fingerprint density at radius 1 is 0.679 bits per heavy atom. The van der Waals surface area contributed by atoms with Crippen LogP contribution in [0.15, 0.2) is 65.7 Å². The van der Waals surface area contributed by atoms with Crippen molar-refractivity contribution in [2.24, 2.45) is 4.99 Å². The van der Waals surface area contributed by atoms with Gasteiger partial charge in [-0.3, -0.25) is 4.99 Å². The summed E-state index contributed by atoms with van der Waals surface area (Å²) in [6.07, 6.45) is 0. The number of aromatic nitrogens is 3. The molecule has 1 aromatic heterocycles. The lowest BCUT2D eigenvalue weighted by molar-refractivity contribution is -0.240. The summed E-state index contributed by atoms with van der Waals surface area (Å²) in [5.41, 5.74) is 0.637. The molecule has 0 atom stereocenters. The van der Waals surface area contributed by atoms with Crippen LogP contribution in [0.3, 0.4) is 0 Å². The Bertz CT molecular complexity index is 972. The Morgan fingerprint density at radius 3 is 1.50 bits per heavy atom. The molecule has 3 aromatic rings. The summed E-state index contributed by atoms with van der Waals surface area (Å²) < 4.78 is 0. The first kappa shape index (κ1) is 18.4. The van der Waals surface area contributed by atoms with E-state index < -0.39 is 11.2 Å². The largest absolute Gasteiger partial charge is 0.260 e. The molecule has 1 aliphatic rings. The van der Waals surface area contributed by atoms with Gasteiger partial charge in [-0.25, -0.2) is 15.0 Å². The van der Waals surface area contributed by atoms with Crippen LogP contribution >= 0.6 is 0 Å². The fourth-order valence-electron chi connectivity index (χ4n) is 3.47. The van der Waals surface area contributed by atoms with Crippen LogP contribution < -0.4 is 0 Å². The number of benzene rings is 2. The zero-order chi connectivity index (χ0) is 19.9. The van der Waals surface area contributed by atoms with Gasteiger partial charge in [0.1, 0.15) is 11.4 Å². The Balaban J connectivity index is 1.93. The molecule has 1 radical (unpaired) electrons. The number of rotatable bonds is 3. The first-order valence-corrected chi connectivity index (χ1v) is 9.24. The number of aliphatic imine (C=N–C) groups is 1. The van der Waals surface area contributed by atoms with Crippen LogP contribution in [0, 0.1) is 0 Å². The van der Waals surface area contributed by atoms with Gasteiger partial charge in [0.15, 0.2) is 17.5 Å². The van der Waals surface area contributed by atoms with Gasteiger partial charge in [0.25, 0.3) is 0 Å². The van der Waals surface area contributed by atoms with Gasteiger partial charge in [0.05, 0.1) is 5.54 Å². The molecule has 141 valence electrons. The Morgan fingerprint density at radius 2 is 1.11 bits per heavy atom. The summed E-state index contributed by atoms with van der Waals surface area (Å²) in [6.45, 7) is 7.29. The van der Waals surface area contributed by atoms with E-state index in [1.54, 1.807) is 13.8 Å². The van der Waals surface area contributed by atoms with Gasteiger partial charge in [-0.2, -0.15) is 0 Å². The molecule has 0 unspecified atom stereocenters. The van der Waals surface area contributed by atoms with Crippen LogP contribution in [-0.4, -0.2) is 36.9 Å². The molecule has 0 saturated carbocycles. The molecule has 2 aromatic carbocycles. The fraction of sp³-hybridized carbons (Fsp3) is 0.273. The molecular weight excluding hydrogens is 350 g/mol. The standard InChI is InChI=1S/C22H22N5O/c1-21(2)17(26-22(3,4)27(21)28)20-24-18(15-11-7-5-8-12-15)23-19(25-20)16-13-9-6-10-14-16/h5-14H,1-4H3. The van der Waals surface area contributed by atoms with Crippen LogP contribution in [0.2, 0.25) is 0 Å². The maximum absolute atomic E-state index is 12.8. The zero-order valence-electron chi connectivity index (χ0n) is 16.4. The summed E-state index contributed by atoms with van der Waals surface area (Å²) in [6, 6.07) is 19.5. The van der Waals surface area contributed by atoms with Crippen molar-refractivity contribution in [2.75, 3.05) is 0 Å². The first-order chi connectivity index (χ1) is 13.3. The van der Waals surface area contributed by atoms with Crippen molar-refractivity contribution >= 4 is 5.71 Å². The minimum atomic E-state index is -0.870. The van der Waals surface area contributed by atoms with E-state index in [0.717, 1.165) is 16.2 Å². The third-order valence-corrected chi connectivity index (χ3v) is 4.88. The average molecular weight is 372 g/mol. The molecule has 0 bridgehead atoms. The van der Waals surface area contributed by atoms with Gasteiger partial charge in [-0.1, -0.05) is 60.7 Å². The van der Waals surface area contributed by atoms with Crippen LogP contribution in [0.5, 0.6) is 0 Å². The summed E-state index contributed by atoms with van der Waals surface area (Å²) in [7, 11) is 0. The summed E-state index contributed by atoms with van der Waals surface area (Å²) >= 11 is 0. The third-order valence-electron chi connectivity index (χ3n) is 4.88. The molecule has 1 aliphatic heterocycles. The van der Waals surface area contributed by atoms with Crippen molar-refractivity contribution in [3.8, 4) is 22.8 Å². The van der Waals surface area contributed by atoms with Crippen molar-refractivity contribution in [3.63, 3.8) is 0 Å². The van der Waals surface area contributed by atoms with Gasteiger partial charge in [-0.15, -0.1) is 10.3 Å². The lowest BCUT2D eigenvalue weighted by Crippen LogP contribution is -2.49. The molecule has 0 amide bonds. The second-order valence-corrected chi connectivity index (χ2v) is 7.85. The van der Waals surface area contributed by atoms with Crippen molar-refractivity contribution in [2.45, 2.75) is 38.9 Å². The first-order valence-electron chi connectivity index (χ1n) is 9.24. The van der Waals surface area contributed by atoms with E-state index in [1.807, 2.05) is 74.5 Å². The highest BCUT2D eigenvalue weighted by Crippen LogP contribution is 2.35. The molecule has 6 nitrogen and oxygen atoms in total. The molecule has 28 heavy (non-hydrogen) atoms. The monoisotopic (exact) mass is 372 g/mol. The summed E-state index contributed by atoms with van der Waals surface area (Å²) in [5, 5.41) is 13.8. The maximum Gasteiger partial charge on any atom is 0.179 e. The second-order valence-electron chi connectivity index (χ2n) is 7.85. The number of hydrogen-bond acceptors (Lipinski definition) is 5. The summed E-state index contributed by atoms with van der Waals surface area (Å²) in [5.74, 6) is 1.55. The highest BCUT2D eigenvalue weighted by Gasteiger charge is 2.50. The van der Waals surface area contributed by atoms with Crippen molar-refractivity contribution in [1.82, 2.24) is 20.0 Å². The summed E-state index contributed by atoms with van der Waals surface area (Å²) in [4.78, 5) is 18.7. The van der Waals surface area contributed by atoms with E-state index in [1.165, 1.54) is 0 Å².